The Morgan fingerprint density at radius 3 is 2.62 bits per heavy atom. The highest BCUT2D eigenvalue weighted by Gasteiger charge is 2.35. The van der Waals surface area contributed by atoms with E-state index in [2.05, 4.69) is 57.6 Å². The number of fused-ring (bicyclic) bond motifs is 5. The molecule has 5 heterocycles. The average molecular weight is 408 g/mol. The Labute approximate surface area is 178 Å². The van der Waals surface area contributed by atoms with Gasteiger partial charge in [-0.05, 0) is 73.2 Å². The number of anilines is 2. The van der Waals surface area contributed by atoms with Crippen LogP contribution in [0.15, 0.2) is 36.4 Å². The smallest absolute Gasteiger partial charge is 0.251 e. The van der Waals surface area contributed by atoms with Crippen molar-refractivity contribution < 1.29 is 4.79 Å². The van der Waals surface area contributed by atoms with E-state index in [1.165, 1.54) is 48.4 Å². The lowest BCUT2D eigenvalue weighted by Crippen LogP contribution is -2.57. The van der Waals surface area contributed by atoms with Crippen molar-refractivity contribution in [1.29, 1.82) is 0 Å². The van der Waals surface area contributed by atoms with Crippen molar-refractivity contribution in [2.24, 2.45) is 5.92 Å². The molecule has 5 aliphatic heterocycles. The van der Waals surface area contributed by atoms with Gasteiger partial charge in [0.2, 0.25) is 0 Å². The van der Waals surface area contributed by atoms with E-state index < -0.39 is 0 Å². The average Bonchev–Trinajstić information content (AvgIpc) is 3.10. The Kier molecular flexibility index (Phi) is 4.64. The van der Waals surface area contributed by atoms with E-state index in [0.29, 0.717) is 12.0 Å². The molecule has 2 aromatic rings. The molecular formula is C24H26ClN3O. The van der Waals surface area contributed by atoms with E-state index in [4.69, 9.17) is 0 Å². The molecule has 5 aliphatic rings. The van der Waals surface area contributed by atoms with Gasteiger partial charge in [0.05, 0.1) is 5.69 Å². The molecule has 1 unspecified atom stereocenters. The number of nitrogens with one attached hydrogen (secondary N) is 1. The van der Waals surface area contributed by atoms with E-state index >= 15 is 0 Å². The molecule has 3 saturated heterocycles. The van der Waals surface area contributed by atoms with Crippen LogP contribution in [0.5, 0.6) is 0 Å². The van der Waals surface area contributed by atoms with Gasteiger partial charge in [-0.15, -0.1) is 12.4 Å². The molecule has 3 fully saturated rings. The van der Waals surface area contributed by atoms with E-state index in [0.717, 1.165) is 30.6 Å². The van der Waals surface area contributed by atoms with Gasteiger partial charge < -0.3 is 15.1 Å². The van der Waals surface area contributed by atoms with Crippen LogP contribution in [-0.2, 0) is 6.42 Å². The van der Waals surface area contributed by atoms with Crippen LogP contribution in [0.25, 0.3) is 12.2 Å². The largest absolute Gasteiger partial charge is 0.348 e. The predicted molar refractivity (Wildman–Crippen MR) is 120 cm³/mol. The number of amides is 1. The maximum atomic E-state index is 13.0. The van der Waals surface area contributed by atoms with Gasteiger partial charge in [0.25, 0.3) is 5.91 Å². The Hall–Kier alpha value is -2.30. The topological polar surface area (TPSA) is 35.6 Å². The molecule has 1 amide bonds. The van der Waals surface area contributed by atoms with Crippen LogP contribution in [0.4, 0.5) is 11.4 Å². The lowest BCUT2D eigenvalue weighted by Gasteiger charge is -2.44. The van der Waals surface area contributed by atoms with Crippen LogP contribution in [-0.4, -0.2) is 43.0 Å². The van der Waals surface area contributed by atoms with E-state index in [1.54, 1.807) is 0 Å². The predicted octanol–water partition coefficient (Wildman–Crippen LogP) is 4.11. The fourth-order valence-electron chi connectivity index (χ4n) is 5.50. The SMILES string of the molecule is Cl.O=C(NC1CN2CCC1CC2)c1ccc2c(c1)C=Cc1cccc3c1N2CC3. The molecular weight excluding hydrogens is 382 g/mol. The summed E-state index contributed by atoms with van der Waals surface area (Å²) in [6.07, 6.45) is 7.87. The highest BCUT2D eigenvalue weighted by atomic mass is 35.5. The van der Waals surface area contributed by atoms with Gasteiger partial charge in [0, 0.05) is 30.4 Å². The second kappa shape index (κ2) is 7.19. The number of nitrogens with zero attached hydrogens (tertiary/aromatic N) is 2. The van der Waals surface area contributed by atoms with Crippen LogP contribution < -0.4 is 10.2 Å². The van der Waals surface area contributed by atoms with E-state index in [1.807, 2.05) is 6.07 Å². The van der Waals surface area contributed by atoms with Crippen LogP contribution >= 0.6 is 12.4 Å². The van der Waals surface area contributed by atoms with Crippen molar-refractivity contribution in [2.45, 2.75) is 25.3 Å². The van der Waals surface area contributed by atoms with Crippen LogP contribution in [0.1, 0.15) is 39.9 Å². The van der Waals surface area contributed by atoms with Gasteiger partial charge in [-0.3, -0.25) is 4.79 Å². The zero-order chi connectivity index (χ0) is 18.7. The number of piperidine rings is 3. The first-order valence-corrected chi connectivity index (χ1v) is 10.5. The van der Waals surface area contributed by atoms with Gasteiger partial charge in [-0.1, -0.05) is 30.4 Å². The summed E-state index contributed by atoms with van der Waals surface area (Å²) < 4.78 is 0. The molecule has 29 heavy (non-hydrogen) atoms. The van der Waals surface area contributed by atoms with Crippen molar-refractivity contribution in [1.82, 2.24) is 10.2 Å². The molecule has 4 nitrogen and oxygen atoms in total. The molecule has 0 spiro atoms. The zero-order valence-corrected chi connectivity index (χ0v) is 17.3. The number of rotatable bonds is 2. The summed E-state index contributed by atoms with van der Waals surface area (Å²) in [5, 5.41) is 3.32. The van der Waals surface area contributed by atoms with Crippen molar-refractivity contribution in [3.05, 3.63) is 58.7 Å². The third-order valence-electron chi connectivity index (χ3n) is 7.02. The first kappa shape index (κ1) is 18.7. The molecule has 0 aromatic heterocycles. The quantitative estimate of drug-likeness (QED) is 0.813. The highest BCUT2D eigenvalue weighted by Crippen LogP contribution is 2.42. The summed E-state index contributed by atoms with van der Waals surface area (Å²) >= 11 is 0. The first-order valence-electron chi connectivity index (χ1n) is 10.5. The number of carbonyl (C=O) groups is 1. The van der Waals surface area contributed by atoms with Crippen LogP contribution in [0, 0.1) is 5.92 Å². The lowest BCUT2D eigenvalue weighted by atomic mass is 9.84. The maximum absolute atomic E-state index is 13.0. The van der Waals surface area contributed by atoms with E-state index in [9.17, 15) is 4.79 Å². The van der Waals surface area contributed by atoms with Crippen molar-refractivity contribution in [3.8, 4) is 0 Å². The minimum absolute atomic E-state index is 0. The van der Waals surface area contributed by atoms with Gasteiger partial charge in [0.15, 0.2) is 0 Å². The number of hydrogen-bond donors (Lipinski definition) is 1. The summed E-state index contributed by atoms with van der Waals surface area (Å²) in [5.41, 5.74) is 7.13. The normalized spacial score (nSPS) is 25.7. The van der Waals surface area contributed by atoms with Crippen molar-refractivity contribution in [2.75, 3.05) is 31.1 Å². The molecule has 1 atom stereocenters. The molecule has 2 bridgehead atoms. The number of carbonyl (C=O) groups excluding carboxylic acids is 1. The van der Waals surface area contributed by atoms with Gasteiger partial charge in [-0.2, -0.15) is 0 Å². The fourth-order valence-corrected chi connectivity index (χ4v) is 5.50. The minimum Gasteiger partial charge on any atom is -0.348 e. The molecule has 2 aromatic carbocycles. The van der Waals surface area contributed by atoms with Crippen molar-refractivity contribution in [3.63, 3.8) is 0 Å². The number of hydrogen-bond acceptors (Lipinski definition) is 3. The monoisotopic (exact) mass is 407 g/mol. The second-order valence-electron chi connectivity index (χ2n) is 8.58. The summed E-state index contributed by atoms with van der Waals surface area (Å²) in [6.45, 7) is 4.40. The fraction of sp³-hybridized carbons (Fsp3) is 0.375. The van der Waals surface area contributed by atoms with Crippen molar-refractivity contribution >= 4 is 41.8 Å². The third-order valence-corrected chi connectivity index (χ3v) is 7.02. The molecule has 7 rings (SSSR count). The van der Waals surface area contributed by atoms with Crippen LogP contribution in [0.3, 0.4) is 0 Å². The molecule has 0 radical (unpaired) electrons. The summed E-state index contributed by atoms with van der Waals surface area (Å²) in [6, 6.07) is 13.0. The Morgan fingerprint density at radius 2 is 1.83 bits per heavy atom. The second-order valence-corrected chi connectivity index (χ2v) is 8.58. The maximum Gasteiger partial charge on any atom is 0.251 e. The van der Waals surface area contributed by atoms with Gasteiger partial charge in [0.1, 0.15) is 0 Å². The standard InChI is InChI=1S/C24H25N3O.ClH/c28-24(25-21-15-26-11-8-16(21)9-12-26)20-6-7-22-19(14-20)5-4-17-2-1-3-18-10-13-27(22)23(17)18;/h1-7,14,16,21H,8-13,15H2,(H,25,28);1H. The summed E-state index contributed by atoms with van der Waals surface area (Å²) in [7, 11) is 0. The van der Waals surface area contributed by atoms with Gasteiger partial charge in [-0.25, -0.2) is 0 Å². The van der Waals surface area contributed by atoms with Gasteiger partial charge >= 0.3 is 0 Å². The molecule has 150 valence electrons. The van der Waals surface area contributed by atoms with Crippen LogP contribution in [0.2, 0.25) is 0 Å². The van der Waals surface area contributed by atoms with E-state index in [-0.39, 0.29) is 18.3 Å². The highest BCUT2D eigenvalue weighted by molar-refractivity contribution is 5.98. The lowest BCUT2D eigenvalue weighted by molar-refractivity contribution is 0.0620. The summed E-state index contributed by atoms with van der Waals surface area (Å²) in [4.78, 5) is 17.9. The number of benzene rings is 2. The Bertz CT molecular complexity index is 994. The molecule has 0 saturated carbocycles. The molecule has 5 heteroatoms. The Morgan fingerprint density at radius 1 is 1.00 bits per heavy atom. The molecule has 1 N–H and O–H groups in total. The third kappa shape index (κ3) is 3.06. The zero-order valence-electron chi connectivity index (χ0n) is 16.4. The number of halogens is 1. The molecule has 0 aliphatic carbocycles. The minimum atomic E-state index is 0. The Balaban J connectivity index is 0.00000181. The summed E-state index contributed by atoms with van der Waals surface area (Å²) in [5.74, 6) is 0.714. The first-order chi connectivity index (χ1) is 13.8. The number of para-hydroxylation sites is 1.